The normalized spacial score (nSPS) is 15.8. The number of fused-ring (bicyclic) bond motifs is 1. The number of hydrogen-bond acceptors (Lipinski definition) is 3. The van der Waals surface area contributed by atoms with Gasteiger partial charge in [0.2, 0.25) is 5.91 Å². The Balaban J connectivity index is 2.38. The van der Waals surface area contributed by atoms with Crippen molar-refractivity contribution in [2.75, 3.05) is 0 Å². The summed E-state index contributed by atoms with van der Waals surface area (Å²) in [4.78, 5) is 11.0. The highest BCUT2D eigenvalue weighted by atomic mass is 16.1. The standard InChI is InChI=1S/C8H11N3O/c1-6(12)11-4-7-2-9-10-3-8(7)5-11/h4-5,9-10H,2-3H2,1H3. The zero-order chi connectivity index (χ0) is 8.55. The van der Waals surface area contributed by atoms with Crippen LogP contribution in [-0.2, 0) is 13.1 Å². The van der Waals surface area contributed by atoms with E-state index >= 15 is 0 Å². The van der Waals surface area contributed by atoms with Crippen LogP contribution in [0.1, 0.15) is 22.8 Å². The molecule has 0 saturated heterocycles. The van der Waals surface area contributed by atoms with Crippen LogP contribution < -0.4 is 10.9 Å². The van der Waals surface area contributed by atoms with Gasteiger partial charge in [-0.3, -0.25) is 20.2 Å². The number of carbonyl (C=O) groups is 1. The summed E-state index contributed by atoms with van der Waals surface area (Å²) >= 11 is 0. The Morgan fingerprint density at radius 1 is 1.33 bits per heavy atom. The summed E-state index contributed by atoms with van der Waals surface area (Å²) in [6, 6.07) is 0. The van der Waals surface area contributed by atoms with Gasteiger partial charge < -0.3 is 0 Å². The van der Waals surface area contributed by atoms with Crippen LogP contribution in [0.5, 0.6) is 0 Å². The predicted molar refractivity (Wildman–Crippen MR) is 44.4 cm³/mol. The number of nitrogens with zero attached hydrogens (tertiary/aromatic N) is 1. The van der Waals surface area contributed by atoms with E-state index in [2.05, 4.69) is 10.9 Å². The Kier molecular flexibility index (Phi) is 1.71. The Morgan fingerprint density at radius 3 is 2.25 bits per heavy atom. The van der Waals surface area contributed by atoms with Crippen molar-refractivity contribution in [2.45, 2.75) is 20.0 Å². The maximum atomic E-state index is 11.0. The molecule has 0 fully saturated rings. The summed E-state index contributed by atoms with van der Waals surface area (Å²) in [5, 5.41) is 0. The van der Waals surface area contributed by atoms with Gasteiger partial charge in [-0.05, 0) is 11.1 Å². The van der Waals surface area contributed by atoms with E-state index in [0.29, 0.717) is 0 Å². The van der Waals surface area contributed by atoms with E-state index in [4.69, 9.17) is 0 Å². The van der Waals surface area contributed by atoms with Crippen molar-refractivity contribution in [3.05, 3.63) is 23.5 Å². The molecule has 1 aromatic rings. The minimum atomic E-state index is 0.0596. The third-order valence-corrected chi connectivity index (χ3v) is 2.05. The minimum Gasteiger partial charge on any atom is -0.294 e. The van der Waals surface area contributed by atoms with Gasteiger partial charge in [0.15, 0.2) is 0 Å². The van der Waals surface area contributed by atoms with E-state index in [1.807, 2.05) is 12.4 Å². The molecule has 0 atom stereocenters. The van der Waals surface area contributed by atoms with Crippen molar-refractivity contribution < 1.29 is 4.79 Å². The molecular weight excluding hydrogens is 154 g/mol. The fourth-order valence-corrected chi connectivity index (χ4v) is 1.35. The molecule has 2 N–H and O–H groups in total. The molecule has 1 aliphatic heterocycles. The van der Waals surface area contributed by atoms with E-state index in [1.165, 1.54) is 11.1 Å². The van der Waals surface area contributed by atoms with E-state index in [0.717, 1.165) is 13.1 Å². The highest BCUT2D eigenvalue weighted by Crippen LogP contribution is 2.12. The number of hydrogen-bond donors (Lipinski definition) is 2. The molecule has 64 valence electrons. The molecule has 1 aliphatic rings. The van der Waals surface area contributed by atoms with Gasteiger partial charge >= 0.3 is 0 Å². The van der Waals surface area contributed by atoms with Gasteiger partial charge in [0.1, 0.15) is 0 Å². The molecule has 0 radical (unpaired) electrons. The molecule has 4 heteroatoms. The topological polar surface area (TPSA) is 46.1 Å². The van der Waals surface area contributed by atoms with Crippen LogP contribution in [0.4, 0.5) is 0 Å². The average molecular weight is 165 g/mol. The van der Waals surface area contributed by atoms with Crippen molar-refractivity contribution in [3.8, 4) is 0 Å². The largest absolute Gasteiger partial charge is 0.294 e. The van der Waals surface area contributed by atoms with E-state index in [-0.39, 0.29) is 5.91 Å². The first-order valence-electron chi connectivity index (χ1n) is 3.94. The summed E-state index contributed by atoms with van der Waals surface area (Å²) in [6.07, 6.45) is 3.76. The highest BCUT2D eigenvalue weighted by molar-refractivity contribution is 5.76. The Labute approximate surface area is 70.5 Å². The average Bonchev–Trinajstić information content (AvgIpc) is 2.46. The lowest BCUT2D eigenvalue weighted by atomic mass is 10.2. The maximum Gasteiger partial charge on any atom is 0.227 e. The van der Waals surface area contributed by atoms with Crippen LogP contribution in [0.25, 0.3) is 0 Å². The summed E-state index contributed by atoms with van der Waals surface area (Å²) in [6.45, 7) is 3.14. The van der Waals surface area contributed by atoms with Gasteiger partial charge in [-0.15, -0.1) is 0 Å². The zero-order valence-electron chi connectivity index (χ0n) is 6.92. The van der Waals surface area contributed by atoms with Gasteiger partial charge in [-0.25, -0.2) is 0 Å². The predicted octanol–water partition coefficient (Wildman–Crippen LogP) is 0.256. The van der Waals surface area contributed by atoms with Crippen LogP contribution in [0, 0.1) is 0 Å². The first-order valence-corrected chi connectivity index (χ1v) is 3.94. The van der Waals surface area contributed by atoms with Gasteiger partial charge in [0, 0.05) is 32.4 Å². The summed E-state index contributed by atoms with van der Waals surface area (Å²) in [5.74, 6) is 0.0596. The van der Waals surface area contributed by atoms with Crippen LogP contribution in [0.2, 0.25) is 0 Å². The zero-order valence-corrected chi connectivity index (χ0v) is 6.92. The molecule has 0 aliphatic carbocycles. The van der Waals surface area contributed by atoms with Crippen LogP contribution in [0.15, 0.2) is 12.4 Å². The monoisotopic (exact) mass is 165 g/mol. The first-order chi connectivity index (χ1) is 5.77. The van der Waals surface area contributed by atoms with Crippen LogP contribution in [-0.4, -0.2) is 10.5 Å². The molecule has 0 amide bonds. The number of aromatic nitrogens is 1. The molecule has 0 spiro atoms. The third kappa shape index (κ3) is 1.15. The smallest absolute Gasteiger partial charge is 0.227 e. The van der Waals surface area contributed by atoms with Crippen molar-refractivity contribution in [1.82, 2.24) is 15.4 Å². The van der Waals surface area contributed by atoms with Gasteiger partial charge in [0.05, 0.1) is 0 Å². The first kappa shape index (κ1) is 7.52. The van der Waals surface area contributed by atoms with Gasteiger partial charge in [-0.1, -0.05) is 0 Å². The fourth-order valence-electron chi connectivity index (χ4n) is 1.35. The summed E-state index contributed by atoms with van der Waals surface area (Å²) in [7, 11) is 0. The van der Waals surface area contributed by atoms with E-state index in [9.17, 15) is 4.79 Å². The van der Waals surface area contributed by atoms with Gasteiger partial charge in [0.25, 0.3) is 0 Å². The van der Waals surface area contributed by atoms with Crippen LogP contribution in [0.3, 0.4) is 0 Å². The van der Waals surface area contributed by atoms with Gasteiger partial charge in [-0.2, -0.15) is 0 Å². The Bertz CT molecular complexity index is 293. The molecule has 0 aromatic carbocycles. The molecule has 4 nitrogen and oxygen atoms in total. The molecular formula is C8H11N3O. The molecule has 2 rings (SSSR count). The maximum absolute atomic E-state index is 11.0. The molecule has 12 heavy (non-hydrogen) atoms. The Morgan fingerprint density at radius 2 is 1.83 bits per heavy atom. The second-order valence-electron chi connectivity index (χ2n) is 2.94. The van der Waals surface area contributed by atoms with E-state index in [1.54, 1.807) is 11.5 Å². The van der Waals surface area contributed by atoms with Crippen molar-refractivity contribution >= 4 is 5.91 Å². The van der Waals surface area contributed by atoms with Crippen molar-refractivity contribution in [2.24, 2.45) is 0 Å². The molecule has 2 heterocycles. The minimum absolute atomic E-state index is 0.0596. The number of rotatable bonds is 0. The lowest BCUT2D eigenvalue weighted by molar-refractivity contribution is 0.0936. The van der Waals surface area contributed by atoms with Crippen molar-refractivity contribution in [1.29, 1.82) is 0 Å². The summed E-state index contributed by atoms with van der Waals surface area (Å²) in [5.41, 5.74) is 8.43. The van der Waals surface area contributed by atoms with Crippen molar-refractivity contribution in [3.63, 3.8) is 0 Å². The Hall–Kier alpha value is -1.13. The second kappa shape index (κ2) is 2.73. The number of nitrogens with one attached hydrogen (secondary N) is 2. The fraction of sp³-hybridized carbons (Fsp3) is 0.375. The lowest BCUT2D eigenvalue weighted by Crippen LogP contribution is -2.34. The number of hydrazine groups is 1. The van der Waals surface area contributed by atoms with Crippen LogP contribution >= 0.6 is 0 Å². The SMILES string of the molecule is CC(=O)n1cc2c(c1)CNNC2. The molecule has 0 saturated carbocycles. The summed E-state index contributed by atoms with van der Waals surface area (Å²) < 4.78 is 1.62. The number of carbonyl (C=O) groups excluding carboxylic acids is 1. The highest BCUT2D eigenvalue weighted by Gasteiger charge is 2.11. The molecule has 0 bridgehead atoms. The molecule has 1 aromatic heterocycles. The molecule has 0 unspecified atom stereocenters. The second-order valence-corrected chi connectivity index (χ2v) is 2.94. The quantitative estimate of drug-likeness (QED) is 0.579. The lowest BCUT2D eigenvalue weighted by Gasteiger charge is -2.12. The van der Waals surface area contributed by atoms with E-state index < -0.39 is 0 Å². The third-order valence-electron chi connectivity index (χ3n) is 2.05.